The Morgan fingerprint density at radius 1 is 1.07 bits per heavy atom. The van der Waals surface area contributed by atoms with E-state index in [1.165, 1.54) is 30.5 Å². The zero-order valence-corrected chi connectivity index (χ0v) is 26.2. The highest BCUT2D eigenvalue weighted by Gasteiger charge is 2.82. The summed E-state index contributed by atoms with van der Waals surface area (Å²) in [6, 6.07) is 12.8. The summed E-state index contributed by atoms with van der Waals surface area (Å²) < 4.78 is 13.5. The van der Waals surface area contributed by atoms with Crippen LogP contribution >= 0.6 is 0 Å². The molecule has 43 heavy (non-hydrogen) atoms. The van der Waals surface area contributed by atoms with Gasteiger partial charge in [0, 0.05) is 42.0 Å². The van der Waals surface area contributed by atoms with Crippen LogP contribution in [-0.2, 0) is 16.6 Å². The normalized spacial score (nSPS) is 36.6. The molecule has 0 unspecified atom stereocenters. The number of aromatic carboxylic acids is 1. The Labute approximate surface area is 255 Å². The SMILES string of the molecule is CO[C@@]12CC[C@@]3(C[C@@H]1[C@](C)(O)C(C)(C)C)[C@H]1Cc4ccc(O)c5c4[C@@]3(CCN1CC1CC1)[C@H]2O5.O=C(O)c1ccccc1. The van der Waals surface area contributed by atoms with E-state index in [-0.39, 0.29) is 34.0 Å². The lowest BCUT2D eigenvalue weighted by Gasteiger charge is -2.75. The molecule has 2 spiro atoms. The number of piperidine rings is 1. The maximum atomic E-state index is 12.2. The number of hydrogen-bond acceptors (Lipinski definition) is 6. The van der Waals surface area contributed by atoms with Crippen LogP contribution in [0, 0.1) is 22.7 Å². The first-order valence-electron chi connectivity index (χ1n) is 16.1. The number of likely N-dealkylation sites (tertiary alicyclic amines) is 1. The molecule has 232 valence electrons. The van der Waals surface area contributed by atoms with E-state index in [1.54, 1.807) is 30.3 Å². The second kappa shape index (κ2) is 9.45. The number of aliphatic hydroxyl groups is 1. The van der Waals surface area contributed by atoms with Gasteiger partial charge in [-0.25, -0.2) is 4.79 Å². The number of carbonyl (C=O) groups is 1. The summed E-state index contributed by atoms with van der Waals surface area (Å²) in [5.41, 5.74) is 1.11. The minimum Gasteiger partial charge on any atom is -0.504 e. The number of carboxylic acid groups (broad SMARTS) is 1. The first-order valence-corrected chi connectivity index (χ1v) is 16.1. The Hall–Kier alpha value is -2.61. The molecule has 9 rings (SSSR count). The number of phenols is 1. The molecule has 7 nitrogen and oxygen atoms in total. The van der Waals surface area contributed by atoms with Crippen molar-refractivity contribution in [2.24, 2.45) is 22.7 Å². The molecule has 5 fully saturated rings. The Morgan fingerprint density at radius 3 is 2.40 bits per heavy atom. The maximum Gasteiger partial charge on any atom is 0.335 e. The van der Waals surface area contributed by atoms with Gasteiger partial charge >= 0.3 is 5.97 Å². The summed E-state index contributed by atoms with van der Waals surface area (Å²) in [6.45, 7) is 10.8. The zero-order chi connectivity index (χ0) is 30.6. The van der Waals surface area contributed by atoms with E-state index in [9.17, 15) is 15.0 Å². The lowest BCUT2D eigenvalue weighted by molar-refractivity contribution is -0.312. The van der Waals surface area contributed by atoms with Gasteiger partial charge in [-0.1, -0.05) is 45.0 Å². The fourth-order valence-electron chi connectivity index (χ4n) is 10.2. The first kappa shape index (κ1) is 29.1. The van der Waals surface area contributed by atoms with Gasteiger partial charge in [0.15, 0.2) is 11.5 Å². The van der Waals surface area contributed by atoms with Gasteiger partial charge in [-0.05, 0) is 93.5 Å². The van der Waals surface area contributed by atoms with E-state index in [4.69, 9.17) is 14.6 Å². The van der Waals surface area contributed by atoms with Crippen molar-refractivity contribution in [3.8, 4) is 11.5 Å². The summed E-state index contributed by atoms with van der Waals surface area (Å²) in [7, 11) is 1.83. The largest absolute Gasteiger partial charge is 0.504 e. The Balaban J connectivity index is 0.000000288. The average Bonchev–Trinajstić information content (AvgIpc) is 3.72. The van der Waals surface area contributed by atoms with E-state index in [0.717, 1.165) is 44.6 Å². The van der Waals surface area contributed by atoms with Gasteiger partial charge in [-0.15, -0.1) is 0 Å². The number of rotatable bonds is 5. The number of fused-ring (bicyclic) bond motifs is 2. The molecule has 4 saturated carbocycles. The fraction of sp³-hybridized carbons (Fsp3) is 0.639. The summed E-state index contributed by atoms with van der Waals surface area (Å²) in [6.07, 6.45) is 7.64. The minimum atomic E-state index is -0.909. The number of ether oxygens (including phenoxy) is 2. The lowest BCUT2D eigenvalue weighted by atomic mass is 9.33. The molecule has 2 aromatic carbocycles. The monoisotopic (exact) mass is 589 g/mol. The van der Waals surface area contributed by atoms with Crippen molar-refractivity contribution in [3.05, 3.63) is 59.2 Å². The van der Waals surface area contributed by atoms with Crippen molar-refractivity contribution in [1.29, 1.82) is 0 Å². The fourth-order valence-corrected chi connectivity index (χ4v) is 10.2. The molecular weight excluding hydrogens is 542 g/mol. The van der Waals surface area contributed by atoms with Crippen molar-refractivity contribution >= 4 is 5.97 Å². The molecular formula is C36H47NO6. The van der Waals surface area contributed by atoms with Crippen LogP contribution in [0.4, 0.5) is 0 Å². The van der Waals surface area contributed by atoms with E-state index in [1.807, 2.05) is 20.1 Å². The van der Waals surface area contributed by atoms with Crippen LogP contribution in [0.15, 0.2) is 42.5 Å². The third-order valence-electron chi connectivity index (χ3n) is 12.9. The molecule has 0 amide bonds. The van der Waals surface area contributed by atoms with Gasteiger partial charge < -0.3 is 24.8 Å². The molecule has 7 atom stereocenters. The molecule has 2 aromatic rings. The Morgan fingerprint density at radius 2 is 1.79 bits per heavy atom. The van der Waals surface area contributed by atoms with Gasteiger partial charge in [-0.3, -0.25) is 4.90 Å². The molecule has 4 bridgehead atoms. The number of carboxylic acids is 1. The van der Waals surface area contributed by atoms with Crippen LogP contribution in [-0.4, -0.2) is 69.7 Å². The minimum absolute atomic E-state index is 0.0294. The van der Waals surface area contributed by atoms with Gasteiger partial charge in [0.05, 0.1) is 11.2 Å². The third kappa shape index (κ3) is 3.80. The van der Waals surface area contributed by atoms with Crippen molar-refractivity contribution in [2.75, 3.05) is 20.2 Å². The predicted molar refractivity (Wildman–Crippen MR) is 164 cm³/mol. The quantitative estimate of drug-likeness (QED) is 0.406. The molecule has 2 aliphatic heterocycles. The standard InChI is InChI=1S/C29H41NO4.C7H6O2/c1-25(2,3)26(4,32)20-15-27-10-11-29(20,33-5)24-28(27)12-13-30(16-17-6-7-17)21(27)14-18-8-9-19(31)23(34-24)22(18)28;8-7(9)6-4-2-1-3-5-6/h8-9,17,20-21,24,31-32H,6-7,10-16H2,1-5H3;1-5H,(H,8,9)/t20-,21-,24-,26+,27-,28+,29+;/m1./s1. The van der Waals surface area contributed by atoms with Gasteiger partial charge in [0.1, 0.15) is 11.7 Å². The van der Waals surface area contributed by atoms with Crippen LogP contribution in [0.25, 0.3) is 0 Å². The van der Waals surface area contributed by atoms with E-state index >= 15 is 0 Å². The van der Waals surface area contributed by atoms with Crippen molar-refractivity contribution in [3.63, 3.8) is 0 Å². The van der Waals surface area contributed by atoms with Crippen molar-refractivity contribution in [2.45, 2.75) is 101 Å². The number of methoxy groups -OCH3 is 1. The van der Waals surface area contributed by atoms with Gasteiger partial charge in [0.2, 0.25) is 0 Å². The highest BCUT2D eigenvalue weighted by molar-refractivity contribution is 5.87. The molecule has 7 heteroatoms. The lowest BCUT2D eigenvalue weighted by Crippen LogP contribution is -2.83. The highest BCUT2D eigenvalue weighted by Crippen LogP contribution is 2.78. The summed E-state index contributed by atoms with van der Waals surface area (Å²) >= 11 is 0. The van der Waals surface area contributed by atoms with Crippen molar-refractivity contribution in [1.82, 2.24) is 4.90 Å². The second-order valence-corrected chi connectivity index (χ2v) is 15.5. The molecule has 7 aliphatic rings. The molecule has 5 aliphatic carbocycles. The number of benzene rings is 2. The highest BCUT2D eigenvalue weighted by atomic mass is 16.6. The molecule has 3 N–H and O–H groups in total. The molecule has 1 saturated heterocycles. The topological polar surface area (TPSA) is 99.5 Å². The van der Waals surface area contributed by atoms with Crippen LogP contribution in [0.1, 0.15) is 87.7 Å². The number of nitrogens with zero attached hydrogens (tertiary/aromatic N) is 1. The van der Waals surface area contributed by atoms with Gasteiger partial charge in [0.25, 0.3) is 0 Å². The average molecular weight is 590 g/mol. The van der Waals surface area contributed by atoms with Crippen molar-refractivity contribution < 1.29 is 29.6 Å². The van der Waals surface area contributed by atoms with Gasteiger partial charge in [-0.2, -0.15) is 0 Å². The van der Waals surface area contributed by atoms with Crippen LogP contribution in [0.2, 0.25) is 0 Å². The Kier molecular flexibility index (Phi) is 6.40. The summed E-state index contributed by atoms with van der Waals surface area (Å²) in [5.74, 6) is 0.923. The Bertz CT molecular complexity index is 1430. The molecule has 0 radical (unpaired) electrons. The maximum absolute atomic E-state index is 12.2. The van der Waals surface area contributed by atoms with E-state index < -0.39 is 17.2 Å². The predicted octanol–water partition coefficient (Wildman–Crippen LogP) is 5.80. The van der Waals surface area contributed by atoms with Crippen LogP contribution in [0.3, 0.4) is 0 Å². The number of aromatic hydroxyl groups is 1. The third-order valence-corrected chi connectivity index (χ3v) is 12.9. The smallest absolute Gasteiger partial charge is 0.335 e. The van der Waals surface area contributed by atoms with E-state index in [2.05, 4.69) is 31.7 Å². The van der Waals surface area contributed by atoms with Crippen LogP contribution in [0.5, 0.6) is 11.5 Å². The first-order chi connectivity index (χ1) is 20.3. The molecule has 2 heterocycles. The second-order valence-electron chi connectivity index (χ2n) is 15.5. The summed E-state index contributed by atoms with van der Waals surface area (Å²) in [4.78, 5) is 13.0. The van der Waals surface area contributed by atoms with Crippen LogP contribution < -0.4 is 4.74 Å². The molecule has 0 aromatic heterocycles. The zero-order valence-electron chi connectivity index (χ0n) is 26.2. The van der Waals surface area contributed by atoms with E-state index in [0.29, 0.717) is 17.4 Å². The number of hydrogen-bond donors (Lipinski definition) is 3. The summed E-state index contributed by atoms with van der Waals surface area (Å²) in [5, 5.41) is 31.5. The number of phenolic OH excluding ortho intramolecular Hbond substituents is 1.